The fourth-order valence-corrected chi connectivity index (χ4v) is 4.04. The highest BCUT2D eigenvalue weighted by molar-refractivity contribution is 7.09. The van der Waals surface area contributed by atoms with E-state index in [1.807, 2.05) is 12.3 Å². The van der Waals surface area contributed by atoms with Gasteiger partial charge < -0.3 is 10.4 Å². The Morgan fingerprint density at radius 2 is 2.10 bits per heavy atom. The quantitative estimate of drug-likeness (QED) is 0.891. The van der Waals surface area contributed by atoms with Gasteiger partial charge in [0.2, 0.25) is 5.91 Å². The van der Waals surface area contributed by atoms with Crippen LogP contribution in [0.25, 0.3) is 0 Å². The van der Waals surface area contributed by atoms with E-state index in [1.165, 1.54) is 0 Å². The van der Waals surface area contributed by atoms with Crippen molar-refractivity contribution in [3.05, 3.63) is 16.1 Å². The molecule has 1 amide bonds. The van der Waals surface area contributed by atoms with Gasteiger partial charge in [0.1, 0.15) is 5.01 Å². The SMILES string of the molecule is Cc1csc(C2(NC(=O)[C@@H]3C[C@H]3C(=O)O)CCCC2)n1. The van der Waals surface area contributed by atoms with Crippen molar-refractivity contribution >= 4 is 23.2 Å². The molecule has 2 N–H and O–H groups in total. The van der Waals surface area contributed by atoms with E-state index in [2.05, 4.69) is 10.3 Å². The van der Waals surface area contributed by atoms with Gasteiger partial charge in [-0.2, -0.15) is 0 Å². The number of hydrogen-bond acceptors (Lipinski definition) is 4. The number of carboxylic acid groups (broad SMARTS) is 1. The minimum Gasteiger partial charge on any atom is -0.481 e. The van der Waals surface area contributed by atoms with Gasteiger partial charge in [0.15, 0.2) is 0 Å². The van der Waals surface area contributed by atoms with Crippen LogP contribution in [0.5, 0.6) is 0 Å². The molecule has 5 nitrogen and oxygen atoms in total. The first kappa shape index (κ1) is 13.5. The van der Waals surface area contributed by atoms with Gasteiger partial charge in [-0.3, -0.25) is 9.59 Å². The van der Waals surface area contributed by atoms with Gasteiger partial charge in [-0.15, -0.1) is 11.3 Å². The van der Waals surface area contributed by atoms with Gasteiger partial charge >= 0.3 is 5.97 Å². The molecule has 1 aromatic heterocycles. The number of rotatable bonds is 4. The summed E-state index contributed by atoms with van der Waals surface area (Å²) < 4.78 is 0. The molecular formula is C14H18N2O3S. The van der Waals surface area contributed by atoms with Gasteiger partial charge in [-0.05, 0) is 26.2 Å². The lowest BCUT2D eigenvalue weighted by atomic mass is 9.98. The van der Waals surface area contributed by atoms with Crippen molar-refractivity contribution in [3.63, 3.8) is 0 Å². The Hall–Kier alpha value is -1.43. The van der Waals surface area contributed by atoms with E-state index in [4.69, 9.17) is 5.11 Å². The summed E-state index contributed by atoms with van der Waals surface area (Å²) in [6.07, 6.45) is 4.41. The molecule has 1 heterocycles. The first-order valence-electron chi connectivity index (χ1n) is 6.99. The number of aryl methyl sites for hydroxylation is 1. The second-order valence-electron chi connectivity index (χ2n) is 5.86. The Labute approximate surface area is 121 Å². The molecular weight excluding hydrogens is 276 g/mol. The van der Waals surface area contributed by atoms with Crippen LogP contribution in [0, 0.1) is 18.8 Å². The first-order valence-corrected chi connectivity index (χ1v) is 7.87. The lowest BCUT2D eigenvalue weighted by molar-refractivity contribution is -0.140. The zero-order valence-corrected chi connectivity index (χ0v) is 12.2. The third kappa shape index (κ3) is 2.32. The second-order valence-corrected chi connectivity index (χ2v) is 6.72. The van der Waals surface area contributed by atoms with E-state index in [1.54, 1.807) is 11.3 Å². The van der Waals surface area contributed by atoms with Crippen molar-refractivity contribution in [3.8, 4) is 0 Å². The number of carbonyl (C=O) groups excluding carboxylic acids is 1. The fourth-order valence-electron chi connectivity index (χ4n) is 3.03. The summed E-state index contributed by atoms with van der Waals surface area (Å²) in [4.78, 5) is 27.7. The Morgan fingerprint density at radius 1 is 1.40 bits per heavy atom. The summed E-state index contributed by atoms with van der Waals surface area (Å²) in [5.41, 5.74) is 0.613. The molecule has 2 saturated carbocycles. The average molecular weight is 294 g/mol. The molecule has 2 fully saturated rings. The molecule has 0 saturated heterocycles. The molecule has 2 aliphatic carbocycles. The lowest BCUT2D eigenvalue weighted by Crippen LogP contribution is -2.44. The highest BCUT2D eigenvalue weighted by Gasteiger charge is 2.51. The van der Waals surface area contributed by atoms with E-state index < -0.39 is 11.9 Å². The largest absolute Gasteiger partial charge is 0.481 e. The summed E-state index contributed by atoms with van der Waals surface area (Å²) >= 11 is 1.58. The van der Waals surface area contributed by atoms with Gasteiger partial charge in [0.05, 0.1) is 17.4 Å². The van der Waals surface area contributed by atoms with Crippen LogP contribution in [0.15, 0.2) is 5.38 Å². The summed E-state index contributed by atoms with van der Waals surface area (Å²) in [6, 6.07) is 0. The predicted octanol–water partition coefficient (Wildman–Crippen LogP) is 2.06. The van der Waals surface area contributed by atoms with Crippen molar-refractivity contribution in [1.29, 1.82) is 0 Å². The van der Waals surface area contributed by atoms with E-state index in [-0.39, 0.29) is 17.4 Å². The second kappa shape index (κ2) is 4.84. The summed E-state index contributed by atoms with van der Waals surface area (Å²) in [5.74, 6) is -1.83. The smallest absolute Gasteiger partial charge is 0.307 e. The van der Waals surface area contributed by atoms with Gasteiger partial charge in [-0.25, -0.2) is 4.98 Å². The Morgan fingerprint density at radius 3 is 2.60 bits per heavy atom. The van der Waals surface area contributed by atoms with E-state index in [9.17, 15) is 9.59 Å². The van der Waals surface area contributed by atoms with Crippen molar-refractivity contribution in [1.82, 2.24) is 10.3 Å². The molecule has 0 spiro atoms. The zero-order valence-electron chi connectivity index (χ0n) is 11.4. The lowest BCUT2D eigenvalue weighted by Gasteiger charge is -2.28. The van der Waals surface area contributed by atoms with Gasteiger partial charge in [0.25, 0.3) is 0 Å². The minimum atomic E-state index is -0.865. The van der Waals surface area contributed by atoms with Crippen LogP contribution >= 0.6 is 11.3 Å². The minimum absolute atomic E-state index is 0.118. The molecule has 1 aromatic rings. The number of amides is 1. The molecule has 0 aromatic carbocycles. The Kier molecular flexibility index (Phi) is 3.28. The average Bonchev–Trinajstić information content (AvgIpc) is 2.89. The highest BCUT2D eigenvalue weighted by atomic mass is 32.1. The van der Waals surface area contributed by atoms with Crippen LogP contribution in [0.4, 0.5) is 0 Å². The number of nitrogens with zero attached hydrogens (tertiary/aromatic N) is 1. The number of hydrogen-bond donors (Lipinski definition) is 2. The summed E-state index contributed by atoms with van der Waals surface area (Å²) in [7, 11) is 0. The third-order valence-electron chi connectivity index (χ3n) is 4.29. The maximum absolute atomic E-state index is 12.3. The first-order chi connectivity index (χ1) is 9.52. The molecule has 3 rings (SSSR count). The summed E-state index contributed by atoms with van der Waals surface area (Å²) in [6.45, 7) is 1.95. The molecule has 2 aliphatic rings. The van der Waals surface area contributed by atoms with E-state index in [0.717, 1.165) is 36.4 Å². The molecule has 0 radical (unpaired) electrons. The normalized spacial score (nSPS) is 27.2. The van der Waals surface area contributed by atoms with Crippen molar-refractivity contribution < 1.29 is 14.7 Å². The molecule has 0 bridgehead atoms. The van der Waals surface area contributed by atoms with Gasteiger partial charge in [-0.1, -0.05) is 12.8 Å². The maximum atomic E-state index is 12.3. The standard InChI is InChI=1S/C14H18N2O3S/c1-8-7-20-13(15-8)14(4-2-3-5-14)16-11(17)9-6-10(9)12(18)19/h7,9-10H,2-6H2,1H3,(H,16,17)(H,18,19)/t9-,10-/m1/s1. The predicted molar refractivity (Wildman–Crippen MR) is 74.4 cm³/mol. The molecule has 6 heteroatoms. The molecule has 2 atom stereocenters. The number of carbonyl (C=O) groups is 2. The topological polar surface area (TPSA) is 79.3 Å². The van der Waals surface area contributed by atoms with E-state index >= 15 is 0 Å². The van der Waals surface area contributed by atoms with Gasteiger partial charge in [0, 0.05) is 11.1 Å². The Bertz CT molecular complexity index is 548. The number of aromatic nitrogens is 1. The van der Waals surface area contributed by atoms with Crippen molar-refractivity contribution in [2.24, 2.45) is 11.8 Å². The number of thiazole rings is 1. The zero-order chi connectivity index (χ0) is 14.3. The van der Waals surface area contributed by atoms with Crippen LogP contribution in [0.2, 0.25) is 0 Å². The number of nitrogens with one attached hydrogen (secondary N) is 1. The Balaban J connectivity index is 1.75. The van der Waals surface area contributed by atoms with Crippen LogP contribution in [-0.4, -0.2) is 22.0 Å². The third-order valence-corrected chi connectivity index (χ3v) is 5.46. The molecule has 108 valence electrons. The van der Waals surface area contributed by atoms with Crippen molar-refractivity contribution in [2.45, 2.75) is 44.6 Å². The molecule has 20 heavy (non-hydrogen) atoms. The maximum Gasteiger partial charge on any atom is 0.307 e. The number of carboxylic acids is 1. The monoisotopic (exact) mass is 294 g/mol. The van der Waals surface area contributed by atoms with Crippen molar-refractivity contribution in [2.75, 3.05) is 0 Å². The van der Waals surface area contributed by atoms with E-state index in [0.29, 0.717) is 6.42 Å². The van der Waals surface area contributed by atoms with Crippen LogP contribution < -0.4 is 5.32 Å². The highest BCUT2D eigenvalue weighted by Crippen LogP contribution is 2.43. The van der Waals surface area contributed by atoms with Crippen LogP contribution in [0.3, 0.4) is 0 Å². The molecule has 0 unspecified atom stereocenters. The molecule has 0 aliphatic heterocycles. The van der Waals surface area contributed by atoms with Crippen LogP contribution in [0.1, 0.15) is 42.8 Å². The van der Waals surface area contributed by atoms with Crippen LogP contribution in [-0.2, 0) is 15.1 Å². The fraction of sp³-hybridized carbons (Fsp3) is 0.643. The summed E-state index contributed by atoms with van der Waals surface area (Å²) in [5, 5.41) is 15.0. The number of aliphatic carboxylic acids is 1.